The average Bonchev–Trinajstić information content (AvgIpc) is 2.72. The third-order valence-corrected chi connectivity index (χ3v) is 3.32. The Morgan fingerprint density at radius 1 is 1.44 bits per heavy atom. The molecule has 1 fully saturated rings. The summed E-state index contributed by atoms with van der Waals surface area (Å²) in [6.07, 6.45) is 3.63. The number of carbonyl (C=O) groups excluding carboxylic acids is 1. The molecule has 1 saturated heterocycles. The average molecular weight is 250 g/mol. The van der Waals surface area contributed by atoms with Gasteiger partial charge < -0.3 is 15.1 Å². The van der Waals surface area contributed by atoms with Crippen molar-refractivity contribution in [1.29, 1.82) is 0 Å². The fourth-order valence-corrected chi connectivity index (χ4v) is 2.21. The summed E-state index contributed by atoms with van der Waals surface area (Å²) >= 11 is 0. The number of amides is 1. The number of rotatable bonds is 2. The highest BCUT2D eigenvalue weighted by molar-refractivity contribution is 5.98. The minimum Gasteiger partial charge on any atom is -0.506 e. The van der Waals surface area contributed by atoms with Crippen molar-refractivity contribution in [2.45, 2.75) is 25.3 Å². The first kappa shape index (κ1) is 12.3. The van der Waals surface area contributed by atoms with E-state index in [2.05, 4.69) is 4.98 Å². The van der Waals surface area contributed by atoms with Crippen molar-refractivity contribution in [3.8, 4) is 5.75 Å². The summed E-state index contributed by atoms with van der Waals surface area (Å²) in [6, 6.07) is 1.29. The highest BCUT2D eigenvalue weighted by Crippen LogP contribution is 2.30. The lowest BCUT2D eigenvalue weighted by atomic mass is 9.99. The first-order valence-electron chi connectivity index (χ1n) is 5.64. The lowest BCUT2D eigenvalue weighted by Crippen LogP contribution is -2.50. The normalized spacial score (nSPS) is 23.1. The molecule has 1 amide bonds. The Bertz CT molecular complexity index is 503. The third kappa shape index (κ3) is 1.90. The van der Waals surface area contributed by atoms with Crippen molar-refractivity contribution < 1.29 is 19.8 Å². The van der Waals surface area contributed by atoms with E-state index in [4.69, 9.17) is 0 Å². The number of carboxylic acids is 1. The van der Waals surface area contributed by atoms with Gasteiger partial charge >= 0.3 is 5.97 Å². The van der Waals surface area contributed by atoms with Crippen molar-refractivity contribution in [3.05, 3.63) is 24.0 Å². The van der Waals surface area contributed by atoms with Crippen molar-refractivity contribution in [1.82, 2.24) is 9.88 Å². The number of aliphatic carboxylic acids is 1. The van der Waals surface area contributed by atoms with E-state index in [0.29, 0.717) is 19.4 Å². The molecule has 1 aliphatic heterocycles. The molecular formula is C12H14N2O4. The Hall–Kier alpha value is -2.11. The Morgan fingerprint density at radius 2 is 2.17 bits per heavy atom. The largest absolute Gasteiger partial charge is 0.506 e. The van der Waals surface area contributed by atoms with E-state index < -0.39 is 17.4 Å². The lowest BCUT2D eigenvalue weighted by molar-refractivity contribution is -0.147. The zero-order chi connectivity index (χ0) is 13.3. The van der Waals surface area contributed by atoms with Gasteiger partial charge in [0.1, 0.15) is 11.3 Å². The van der Waals surface area contributed by atoms with Crippen LogP contribution >= 0.6 is 0 Å². The molecule has 6 nitrogen and oxygen atoms in total. The Labute approximate surface area is 104 Å². The van der Waals surface area contributed by atoms with Crippen LogP contribution in [0.15, 0.2) is 18.5 Å². The van der Waals surface area contributed by atoms with Crippen LogP contribution < -0.4 is 0 Å². The number of nitrogens with zero attached hydrogens (tertiary/aromatic N) is 2. The van der Waals surface area contributed by atoms with Gasteiger partial charge in [0.05, 0.1) is 11.8 Å². The molecule has 1 aromatic heterocycles. The van der Waals surface area contributed by atoms with Gasteiger partial charge in [0, 0.05) is 12.7 Å². The molecule has 1 aromatic rings. The SMILES string of the molecule is CC1(C(=O)O)CCCN1C(=O)c1cncc(O)c1. The van der Waals surface area contributed by atoms with Gasteiger partial charge in [0.15, 0.2) is 0 Å². The van der Waals surface area contributed by atoms with Crippen molar-refractivity contribution in [2.24, 2.45) is 0 Å². The number of carbonyl (C=O) groups is 2. The summed E-state index contributed by atoms with van der Waals surface area (Å²) in [5.74, 6) is -1.54. The Balaban J connectivity index is 2.32. The van der Waals surface area contributed by atoms with Gasteiger partial charge in [0.25, 0.3) is 5.91 Å². The molecule has 0 spiro atoms. The number of aromatic nitrogens is 1. The molecule has 0 radical (unpaired) electrons. The standard InChI is InChI=1S/C12H14N2O4/c1-12(11(17)18)3-2-4-14(12)10(16)8-5-9(15)7-13-6-8/h5-7,15H,2-4H2,1H3,(H,17,18). The van der Waals surface area contributed by atoms with Crippen molar-refractivity contribution in [3.63, 3.8) is 0 Å². The molecule has 2 heterocycles. The Kier molecular flexibility index (Phi) is 2.94. The lowest BCUT2D eigenvalue weighted by Gasteiger charge is -2.31. The minimum absolute atomic E-state index is 0.114. The highest BCUT2D eigenvalue weighted by atomic mass is 16.4. The smallest absolute Gasteiger partial charge is 0.329 e. The van der Waals surface area contributed by atoms with E-state index in [1.54, 1.807) is 0 Å². The summed E-state index contributed by atoms with van der Waals surface area (Å²) in [6.45, 7) is 1.94. The second-order valence-corrected chi connectivity index (χ2v) is 4.57. The van der Waals surface area contributed by atoms with Crippen LogP contribution in [0.2, 0.25) is 0 Å². The van der Waals surface area contributed by atoms with E-state index in [-0.39, 0.29) is 11.3 Å². The Morgan fingerprint density at radius 3 is 2.78 bits per heavy atom. The molecule has 1 unspecified atom stereocenters. The molecule has 18 heavy (non-hydrogen) atoms. The molecule has 1 aliphatic rings. The molecule has 2 N–H and O–H groups in total. The topological polar surface area (TPSA) is 90.7 Å². The fourth-order valence-electron chi connectivity index (χ4n) is 2.21. The zero-order valence-corrected chi connectivity index (χ0v) is 9.96. The molecule has 0 bridgehead atoms. The van der Waals surface area contributed by atoms with Crippen LogP contribution in [0.5, 0.6) is 5.75 Å². The highest BCUT2D eigenvalue weighted by Gasteiger charge is 2.46. The number of carboxylic acid groups (broad SMARTS) is 1. The second-order valence-electron chi connectivity index (χ2n) is 4.57. The summed E-state index contributed by atoms with van der Waals surface area (Å²) in [5.41, 5.74) is -0.980. The predicted molar refractivity (Wildman–Crippen MR) is 62.2 cm³/mol. The number of likely N-dealkylation sites (tertiary alicyclic amines) is 1. The second kappa shape index (κ2) is 4.29. The van der Waals surface area contributed by atoms with Gasteiger partial charge in [-0.1, -0.05) is 0 Å². The molecular weight excluding hydrogens is 236 g/mol. The number of hydrogen-bond acceptors (Lipinski definition) is 4. The number of pyridine rings is 1. The molecule has 0 saturated carbocycles. The summed E-state index contributed by atoms with van der Waals surface area (Å²) in [7, 11) is 0. The monoisotopic (exact) mass is 250 g/mol. The van der Waals surface area contributed by atoms with Gasteiger partial charge in [-0.2, -0.15) is 0 Å². The zero-order valence-electron chi connectivity index (χ0n) is 9.96. The first-order chi connectivity index (χ1) is 8.45. The van der Waals surface area contributed by atoms with E-state index >= 15 is 0 Å². The maximum absolute atomic E-state index is 12.2. The fraction of sp³-hybridized carbons (Fsp3) is 0.417. The summed E-state index contributed by atoms with van der Waals surface area (Å²) < 4.78 is 0. The van der Waals surface area contributed by atoms with Gasteiger partial charge in [-0.25, -0.2) is 4.79 Å². The van der Waals surface area contributed by atoms with Crippen LogP contribution in [0.25, 0.3) is 0 Å². The van der Waals surface area contributed by atoms with Crippen molar-refractivity contribution >= 4 is 11.9 Å². The van der Waals surface area contributed by atoms with Crippen molar-refractivity contribution in [2.75, 3.05) is 6.54 Å². The van der Waals surface area contributed by atoms with Crippen LogP contribution in [-0.4, -0.2) is 44.1 Å². The molecule has 96 valence electrons. The van der Waals surface area contributed by atoms with E-state index in [0.717, 1.165) is 0 Å². The summed E-state index contributed by atoms with van der Waals surface area (Å²) in [5, 5.41) is 18.5. The number of hydrogen-bond donors (Lipinski definition) is 2. The maximum atomic E-state index is 12.2. The third-order valence-electron chi connectivity index (χ3n) is 3.32. The van der Waals surface area contributed by atoms with Gasteiger partial charge in [-0.05, 0) is 25.8 Å². The van der Waals surface area contributed by atoms with E-state index in [1.165, 1.54) is 30.3 Å². The molecule has 6 heteroatoms. The van der Waals surface area contributed by atoms with Crippen LogP contribution in [0.4, 0.5) is 0 Å². The van der Waals surface area contributed by atoms with Crippen LogP contribution in [-0.2, 0) is 4.79 Å². The van der Waals surface area contributed by atoms with Gasteiger partial charge in [-0.3, -0.25) is 9.78 Å². The van der Waals surface area contributed by atoms with Crippen LogP contribution in [0.1, 0.15) is 30.1 Å². The maximum Gasteiger partial charge on any atom is 0.329 e. The quantitative estimate of drug-likeness (QED) is 0.812. The van der Waals surface area contributed by atoms with Crippen LogP contribution in [0, 0.1) is 0 Å². The summed E-state index contributed by atoms with van der Waals surface area (Å²) in [4.78, 5) is 28.6. The van der Waals surface area contributed by atoms with E-state index in [9.17, 15) is 19.8 Å². The predicted octanol–water partition coefficient (Wildman–Crippen LogP) is 0.866. The molecule has 1 atom stereocenters. The number of aromatic hydroxyl groups is 1. The van der Waals surface area contributed by atoms with Crippen LogP contribution in [0.3, 0.4) is 0 Å². The van der Waals surface area contributed by atoms with E-state index in [1.807, 2.05) is 0 Å². The van der Waals surface area contributed by atoms with Gasteiger partial charge in [0.2, 0.25) is 0 Å². The molecule has 2 rings (SSSR count). The minimum atomic E-state index is -1.18. The first-order valence-corrected chi connectivity index (χ1v) is 5.64. The molecule has 0 aliphatic carbocycles. The van der Waals surface area contributed by atoms with Gasteiger partial charge in [-0.15, -0.1) is 0 Å². The molecule has 0 aromatic carbocycles.